The van der Waals surface area contributed by atoms with E-state index in [9.17, 15) is 14.7 Å². The van der Waals surface area contributed by atoms with E-state index in [0.29, 0.717) is 37.4 Å². The number of aromatic nitrogens is 3. The SMILES string of the molecule is CCOc1ccc(-c2cccc(CCCc3nn(Cc4ccc(C(C)(C)C)cc4)c(=O)n3CC)c2)cc1CC(=O)[O-].[Na+]. The van der Waals surface area contributed by atoms with Gasteiger partial charge in [-0.15, -0.1) is 0 Å². The number of benzene rings is 3. The fourth-order valence-corrected chi connectivity index (χ4v) is 5.08. The second-order valence-electron chi connectivity index (χ2n) is 11.4. The van der Waals surface area contributed by atoms with Gasteiger partial charge in [0.1, 0.15) is 11.6 Å². The zero-order chi connectivity index (χ0) is 29.6. The summed E-state index contributed by atoms with van der Waals surface area (Å²) in [5.74, 6) is 0.238. The Balaban J connectivity index is 0.00000484. The maximum atomic E-state index is 13.1. The van der Waals surface area contributed by atoms with E-state index in [-0.39, 0.29) is 47.1 Å². The molecule has 0 amide bonds. The van der Waals surface area contributed by atoms with Crippen LogP contribution < -0.4 is 45.1 Å². The van der Waals surface area contributed by atoms with Crippen LogP contribution in [-0.4, -0.2) is 26.9 Å². The van der Waals surface area contributed by atoms with Crippen LogP contribution in [0, 0.1) is 0 Å². The van der Waals surface area contributed by atoms with E-state index in [1.165, 1.54) is 11.1 Å². The Hall–Kier alpha value is -3.13. The molecule has 0 radical (unpaired) electrons. The fourth-order valence-electron chi connectivity index (χ4n) is 5.08. The summed E-state index contributed by atoms with van der Waals surface area (Å²) >= 11 is 0. The largest absolute Gasteiger partial charge is 1.00 e. The average molecular weight is 578 g/mol. The number of aryl methyl sites for hydroxylation is 2. The van der Waals surface area contributed by atoms with Gasteiger partial charge in [0.2, 0.25) is 0 Å². The van der Waals surface area contributed by atoms with Crippen LogP contribution in [0.5, 0.6) is 5.75 Å². The normalized spacial score (nSPS) is 11.3. The third kappa shape index (κ3) is 8.46. The number of nitrogens with zero attached hydrogens (tertiary/aromatic N) is 3. The fraction of sp³-hybridized carbons (Fsp3) is 0.382. The van der Waals surface area contributed by atoms with Gasteiger partial charge in [0.05, 0.1) is 13.2 Å². The van der Waals surface area contributed by atoms with Crippen molar-refractivity contribution in [2.24, 2.45) is 0 Å². The van der Waals surface area contributed by atoms with Gasteiger partial charge in [-0.3, -0.25) is 4.57 Å². The number of rotatable bonds is 12. The molecule has 0 atom stereocenters. The van der Waals surface area contributed by atoms with Gasteiger partial charge in [-0.2, -0.15) is 5.10 Å². The molecular weight excluding hydrogens is 537 g/mol. The van der Waals surface area contributed by atoms with Crippen molar-refractivity contribution in [3.63, 3.8) is 0 Å². The number of ether oxygens (including phenoxy) is 1. The summed E-state index contributed by atoms with van der Waals surface area (Å²) in [5, 5.41) is 16.0. The predicted octanol–water partition coefficient (Wildman–Crippen LogP) is 1.95. The zero-order valence-electron chi connectivity index (χ0n) is 25.8. The Morgan fingerprint density at radius 3 is 2.29 bits per heavy atom. The molecule has 0 saturated carbocycles. The summed E-state index contributed by atoms with van der Waals surface area (Å²) < 4.78 is 8.94. The maximum Gasteiger partial charge on any atom is 1.00 e. The van der Waals surface area contributed by atoms with Gasteiger partial charge in [0.15, 0.2) is 0 Å². The molecule has 0 aliphatic carbocycles. The van der Waals surface area contributed by atoms with Crippen LogP contribution in [0.4, 0.5) is 0 Å². The molecule has 216 valence electrons. The van der Waals surface area contributed by atoms with Gasteiger partial charge < -0.3 is 14.6 Å². The van der Waals surface area contributed by atoms with Crippen molar-refractivity contribution in [2.45, 2.75) is 78.8 Å². The van der Waals surface area contributed by atoms with Crippen molar-refractivity contribution in [3.05, 3.63) is 105 Å². The Kier molecular flexibility index (Phi) is 11.8. The number of hydrogen-bond donors (Lipinski definition) is 0. The van der Waals surface area contributed by atoms with E-state index in [2.05, 4.69) is 57.2 Å². The molecule has 0 bridgehead atoms. The molecule has 42 heavy (non-hydrogen) atoms. The summed E-state index contributed by atoms with van der Waals surface area (Å²) in [4.78, 5) is 24.3. The van der Waals surface area contributed by atoms with Gasteiger partial charge in [0, 0.05) is 30.9 Å². The van der Waals surface area contributed by atoms with E-state index in [1.54, 1.807) is 9.25 Å². The number of carboxylic acid groups (broad SMARTS) is 1. The number of hydrogen-bond acceptors (Lipinski definition) is 5. The van der Waals surface area contributed by atoms with Gasteiger partial charge in [-0.25, -0.2) is 9.48 Å². The molecule has 1 heterocycles. The number of carboxylic acids is 1. The predicted molar refractivity (Wildman–Crippen MR) is 160 cm³/mol. The van der Waals surface area contributed by atoms with Crippen LogP contribution in [-0.2, 0) is 42.6 Å². The second-order valence-corrected chi connectivity index (χ2v) is 11.4. The van der Waals surface area contributed by atoms with E-state index in [0.717, 1.165) is 35.4 Å². The third-order valence-electron chi connectivity index (χ3n) is 7.29. The monoisotopic (exact) mass is 577 g/mol. The van der Waals surface area contributed by atoms with Crippen molar-refractivity contribution in [1.82, 2.24) is 14.3 Å². The first-order valence-corrected chi connectivity index (χ1v) is 14.4. The minimum Gasteiger partial charge on any atom is -0.550 e. The minimum atomic E-state index is -1.14. The van der Waals surface area contributed by atoms with Crippen LogP contribution in [0.15, 0.2) is 71.5 Å². The van der Waals surface area contributed by atoms with Gasteiger partial charge >= 0.3 is 35.2 Å². The standard InChI is InChI=1S/C34H41N3O4.Na/c1-6-36-31(35-37(33(36)40)23-25-14-17-29(18-15-25)34(3,4)5)13-9-11-24-10-8-12-26(20-24)27-16-19-30(41-7-2)28(21-27)22-32(38)39;/h8,10,12,14-21H,6-7,9,11,13,22-23H2,1-5H3,(H,38,39);/q;+1/p-1. The summed E-state index contributed by atoms with van der Waals surface area (Å²) in [6.07, 6.45) is 2.17. The average Bonchev–Trinajstić information content (AvgIpc) is 3.23. The Labute approximate surface area is 270 Å². The third-order valence-corrected chi connectivity index (χ3v) is 7.29. The molecule has 0 saturated heterocycles. The van der Waals surface area contributed by atoms with Gasteiger partial charge in [-0.1, -0.05) is 75.4 Å². The Morgan fingerprint density at radius 2 is 1.64 bits per heavy atom. The van der Waals surface area contributed by atoms with Crippen LogP contribution in [0.25, 0.3) is 11.1 Å². The van der Waals surface area contributed by atoms with Crippen LogP contribution in [0.1, 0.15) is 69.1 Å². The van der Waals surface area contributed by atoms with E-state index in [1.807, 2.05) is 44.2 Å². The summed E-state index contributed by atoms with van der Waals surface area (Å²) in [6, 6.07) is 22.3. The summed E-state index contributed by atoms with van der Waals surface area (Å²) in [5.41, 5.74) is 6.04. The quantitative estimate of drug-likeness (QED) is 0.240. The van der Waals surface area contributed by atoms with Gasteiger partial charge in [0.25, 0.3) is 0 Å². The molecule has 0 unspecified atom stereocenters. The summed E-state index contributed by atoms with van der Waals surface area (Å²) in [7, 11) is 0. The Bertz CT molecular complexity index is 1550. The smallest absolute Gasteiger partial charge is 0.550 e. The van der Waals surface area contributed by atoms with E-state index >= 15 is 0 Å². The first kappa shape index (κ1) is 33.4. The van der Waals surface area contributed by atoms with Crippen molar-refractivity contribution >= 4 is 5.97 Å². The van der Waals surface area contributed by atoms with Crippen LogP contribution in [0.3, 0.4) is 0 Å². The summed E-state index contributed by atoms with van der Waals surface area (Å²) in [6.45, 7) is 11.9. The molecule has 0 aliphatic rings. The molecule has 4 aromatic rings. The maximum absolute atomic E-state index is 13.1. The van der Waals surface area contributed by atoms with Crippen LogP contribution in [0.2, 0.25) is 0 Å². The zero-order valence-corrected chi connectivity index (χ0v) is 27.8. The van der Waals surface area contributed by atoms with Gasteiger partial charge in [-0.05, 0) is 72.1 Å². The molecule has 7 nitrogen and oxygen atoms in total. The molecule has 0 fully saturated rings. The molecular formula is C34H40N3NaO4. The van der Waals surface area contributed by atoms with E-state index < -0.39 is 5.97 Å². The topological polar surface area (TPSA) is 89.2 Å². The Morgan fingerprint density at radius 1 is 0.929 bits per heavy atom. The molecule has 0 aliphatic heterocycles. The van der Waals surface area contributed by atoms with Crippen molar-refractivity contribution in [3.8, 4) is 16.9 Å². The first-order valence-electron chi connectivity index (χ1n) is 14.4. The van der Waals surface area contributed by atoms with E-state index in [4.69, 9.17) is 9.84 Å². The second kappa shape index (κ2) is 14.9. The van der Waals surface area contributed by atoms with Crippen molar-refractivity contribution in [1.29, 1.82) is 0 Å². The molecule has 1 aromatic heterocycles. The van der Waals surface area contributed by atoms with Crippen LogP contribution >= 0.6 is 0 Å². The van der Waals surface area contributed by atoms with Crippen molar-refractivity contribution in [2.75, 3.05) is 6.61 Å². The molecule has 4 rings (SSSR count). The number of aliphatic carboxylic acids is 1. The number of carbonyl (C=O) groups excluding carboxylic acids is 1. The molecule has 0 N–H and O–H groups in total. The minimum absolute atomic E-state index is 0. The first-order chi connectivity index (χ1) is 19.6. The number of carbonyl (C=O) groups is 1. The molecule has 8 heteroatoms. The van der Waals surface area contributed by atoms with Crippen molar-refractivity contribution < 1.29 is 44.2 Å². The molecule has 3 aromatic carbocycles. The molecule has 0 spiro atoms.